The summed E-state index contributed by atoms with van der Waals surface area (Å²) in [6, 6.07) is 4.65. The summed E-state index contributed by atoms with van der Waals surface area (Å²) < 4.78 is 66.8. The van der Waals surface area contributed by atoms with E-state index in [9.17, 15) is 26.4 Å². The quantitative estimate of drug-likeness (QED) is 0.843. The summed E-state index contributed by atoms with van der Waals surface area (Å²) in [5, 5.41) is 0. The van der Waals surface area contributed by atoms with Gasteiger partial charge in [-0.15, -0.1) is 0 Å². The lowest BCUT2D eigenvalue weighted by molar-refractivity contribution is -0.170. The molecule has 1 aliphatic rings. The molecule has 0 bridgehead atoms. The predicted molar refractivity (Wildman–Crippen MR) is 73.6 cm³/mol. The Morgan fingerprint density at radius 2 is 1.95 bits per heavy atom. The van der Waals surface area contributed by atoms with Crippen molar-refractivity contribution in [2.24, 2.45) is 0 Å². The Labute approximate surface area is 125 Å². The highest BCUT2D eigenvalue weighted by atomic mass is 32.2. The minimum Gasteiger partial charge on any atom is -0.495 e. The van der Waals surface area contributed by atoms with Crippen LogP contribution in [0.25, 0.3) is 0 Å². The smallest absolute Gasteiger partial charge is 0.471 e. The number of carbonyl (C=O) groups excluding carboxylic acids is 1. The van der Waals surface area contributed by atoms with E-state index in [1.54, 1.807) is 6.07 Å². The number of halogens is 3. The number of ether oxygens (including phenoxy) is 1. The molecular weight excluding hydrogens is 323 g/mol. The number of carbonyl (C=O) groups is 1. The zero-order valence-electron chi connectivity index (χ0n) is 11.6. The second-order valence-corrected chi connectivity index (χ2v) is 7.13. The van der Waals surface area contributed by atoms with E-state index in [0.717, 1.165) is 0 Å². The standard InChI is InChI=1S/C13H14F3NO4S/c1-21-11-5-3-2-4-10(11)17(12(18)13(14,15)16)9-6-7-22(19,20)8-9/h2-5,9H,6-8H2,1H3. The molecule has 1 heterocycles. The molecule has 2 rings (SSSR count). The topological polar surface area (TPSA) is 63.7 Å². The summed E-state index contributed by atoms with van der Waals surface area (Å²) in [6.45, 7) is 0. The SMILES string of the molecule is COc1ccccc1N(C(=O)C(F)(F)F)C1CCS(=O)(=O)C1. The van der Waals surface area contributed by atoms with Crippen molar-refractivity contribution < 1.29 is 31.1 Å². The number of para-hydroxylation sites is 2. The Hall–Kier alpha value is -1.77. The Kier molecular flexibility index (Phi) is 4.37. The molecule has 1 aliphatic heterocycles. The van der Waals surface area contributed by atoms with Gasteiger partial charge in [0.05, 0.1) is 30.3 Å². The largest absolute Gasteiger partial charge is 0.495 e. The van der Waals surface area contributed by atoms with Gasteiger partial charge in [0.2, 0.25) is 0 Å². The van der Waals surface area contributed by atoms with Gasteiger partial charge in [-0.05, 0) is 18.6 Å². The third-order valence-corrected chi connectivity index (χ3v) is 5.13. The number of nitrogens with zero attached hydrogens (tertiary/aromatic N) is 1. The Morgan fingerprint density at radius 1 is 1.32 bits per heavy atom. The summed E-state index contributed by atoms with van der Waals surface area (Å²) in [4.78, 5) is 12.3. The van der Waals surface area contributed by atoms with Gasteiger partial charge in [0.1, 0.15) is 5.75 Å². The van der Waals surface area contributed by atoms with Crippen LogP contribution in [0.2, 0.25) is 0 Å². The first-order chi connectivity index (χ1) is 10.2. The van der Waals surface area contributed by atoms with E-state index >= 15 is 0 Å². The van der Waals surface area contributed by atoms with Crippen LogP contribution in [0.5, 0.6) is 5.75 Å². The number of benzene rings is 1. The van der Waals surface area contributed by atoms with Gasteiger partial charge in [-0.2, -0.15) is 13.2 Å². The molecule has 0 saturated carbocycles. The lowest BCUT2D eigenvalue weighted by Crippen LogP contribution is -2.48. The van der Waals surface area contributed by atoms with Crippen LogP contribution in [0.1, 0.15) is 6.42 Å². The number of sulfone groups is 1. The molecule has 122 valence electrons. The monoisotopic (exact) mass is 337 g/mol. The Morgan fingerprint density at radius 3 is 2.45 bits per heavy atom. The first-order valence-corrected chi connectivity index (χ1v) is 8.21. The lowest BCUT2D eigenvalue weighted by Gasteiger charge is -2.30. The van der Waals surface area contributed by atoms with Crippen LogP contribution in [-0.2, 0) is 14.6 Å². The summed E-state index contributed by atoms with van der Waals surface area (Å²) >= 11 is 0. The fourth-order valence-corrected chi connectivity index (χ4v) is 4.12. The third kappa shape index (κ3) is 3.34. The number of alkyl halides is 3. The molecule has 22 heavy (non-hydrogen) atoms. The van der Waals surface area contributed by atoms with Gasteiger partial charge < -0.3 is 4.74 Å². The normalized spacial score (nSPS) is 20.6. The van der Waals surface area contributed by atoms with Gasteiger partial charge in [0.15, 0.2) is 9.84 Å². The summed E-state index contributed by atoms with van der Waals surface area (Å²) in [6.07, 6.45) is -5.14. The molecule has 1 saturated heterocycles. The zero-order valence-corrected chi connectivity index (χ0v) is 12.4. The van der Waals surface area contributed by atoms with Gasteiger partial charge in [0.25, 0.3) is 0 Å². The van der Waals surface area contributed by atoms with Crippen molar-refractivity contribution in [3.63, 3.8) is 0 Å². The highest BCUT2D eigenvalue weighted by Gasteiger charge is 2.48. The van der Waals surface area contributed by atoms with Crippen molar-refractivity contribution in [3.05, 3.63) is 24.3 Å². The van der Waals surface area contributed by atoms with Crippen molar-refractivity contribution in [1.29, 1.82) is 0 Å². The van der Waals surface area contributed by atoms with Crippen molar-refractivity contribution in [2.45, 2.75) is 18.6 Å². The molecule has 1 fully saturated rings. The van der Waals surface area contributed by atoms with E-state index in [1.807, 2.05) is 0 Å². The van der Waals surface area contributed by atoms with E-state index in [4.69, 9.17) is 4.74 Å². The molecule has 1 atom stereocenters. The fourth-order valence-electron chi connectivity index (χ4n) is 2.42. The average Bonchev–Trinajstić information content (AvgIpc) is 2.78. The first-order valence-electron chi connectivity index (χ1n) is 6.39. The molecule has 5 nitrogen and oxygen atoms in total. The molecule has 1 aromatic rings. The van der Waals surface area contributed by atoms with Crippen molar-refractivity contribution >= 4 is 21.4 Å². The molecule has 1 amide bonds. The van der Waals surface area contributed by atoms with Gasteiger partial charge in [0, 0.05) is 0 Å². The second kappa shape index (κ2) is 5.79. The zero-order chi connectivity index (χ0) is 16.5. The number of hydrogen-bond donors (Lipinski definition) is 0. The maximum absolute atomic E-state index is 12.9. The van der Waals surface area contributed by atoms with Crippen LogP contribution in [0.3, 0.4) is 0 Å². The average molecular weight is 337 g/mol. The van der Waals surface area contributed by atoms with E-state index < -0.39 is 33.7 Å². The molecule has 0 radical (unpaired) electrons. The van der Waals surface area contributed by atoms with Crippen LogP contribution >= 0.6 is 0 Å². The maximum Gasteiger partial charge on any atom is 0.471 e. The second-order valence-electron chi connectivity index (χ2n) is 4.90. The molecule has 9 heteroatoms. The predicted octanol–water partition coefficient (Wildman–Crippen LogP) is 1.78. The van der Waals surface area contributed by atoms with E-state index in [0.29, 0.717) is 4.90 Å². The van der Waals surface area contributed by atoms with Crippen molar-refractivity contribution in [3.8, 4) is 5.75 Å². The number of anilines is 1. The van der Waals surface area contributed by atoms with Crippen LogP contribution in [0.4, 0.5) is 18.9 Å². The highest BCUT2D eigenvalue weighted by Crippen LogP contribution is 2.35. The minimum atomic E-state index is -5.10. The molecule has 0 aliphatic carbocycles. The highest BCUT2D eigenvalue weighted by molar-refractivity contribution is 7.91. The van der Waals surface area contributed by atoms with Crippen LogP contribution in [0.15, 0.2) is 24.3 Å². The van der Waals surface area contributed by atoms with E-state index in [2.05, 4.69) is 0 Å². The van der Waals surface area contributed by atoms with Crippen LogP contribution in [0, 0.1) is 0 Å². The van der Waals surface area contributed by atoms with E-state index in [-0.39, 0.29) is 23.6 Å². The summed E-state index contributed by atoms with van der Waals surface area (Å²) in [5.74, 6) is -2.76. The molecule has 0 spiro atoms. The summed E-state index contributed by atoms with van der Waals surface area (Å²) in [5.41, 5.74) is -0.0885. The van der Waals surface area contributed by atoms with Gasteiger partial charge >= 0.3 is 12.1 Å². The van der Waals surface area contributed by atoms with Crippen molar-refractivity contribution in [1.82, 2.24) is 0 Å². The van der Waals surface area contributed by atoms with Gasteiger partial charge in [-0.1, -0.05) is 12.1 Å². The van der Waals surface area contributed by atoms with Crippen LogP contribution in [-0.4, -0.2) is 45.2 Å². The minimum absolute atomic E-state index is 0.0395. The number of rotatable bonds is 3. The van der Waals surface area contributed by atoms with E-state index in [1.165, 1.54) is 25.3 Å². The van der Waals surface area contributed by atoms with Crippen LogP contribution < -0.4 is 9.64 Å². The molecular formula is C13H14F3NO4S. The Bertz CT molecular complexity index is 672. The summed E-state index contributed by atoms with van der Waals surface area (Å²) in [7, 11) is -2.18. The van der Waals surface area contributed by atoms with Gasteiger partial charge in [-0.3, -0.25) is 9.69 Å². The molecule has 0 N–H and O–H groups in total. The molecule has 1 unspecified atom stereocenters. The first kappa shape index (κ1) is 16.6. The fraction of sp³-hybridized carbons (Fsp3) is 0.462. The number of amides is 1. The van der Waals surface area contributed by atoms with Gasteiger partial charge in [-0.25, -0.2) is 8.42 Å². The number of hydrogen-bond acceptors (Lipinski definition) is 4. The third-order valence-electron chi connectivity index (χ3n) is 3.38. The number of methoxy groups -OCH3 is 1. The van der Waals surface area contributed by atoms with Crippen molar-refractivity contribution in [2.75, 3.05) is 23.5 Å². The maximum atomic E-state index is 12.9. The lowest BCUT2D eigenvalue weighted by atomic mass is 10.1. The Balaban J connectivity index is 2.49. The molecule has 0 aromatic heterocycles. The molecule has 1 aromatic carbocycles.